The smallest absolute Gasteiger partial charge is 0.137 e. The third kappa shape index (κ3) is 2.86. The second-order valence-corrected chi connectivity index (χ2v) is 6.06. The molecule has 3 nitrogen and oxygen atoms in total. The first-order valence-electron chi connectivity index (χ1n) is 7.67. The molecule has 4 aromatic rings. The van der Waals surface area contributed by atoms with Crippen LogP contribution >= 0.6 is 11.6 Å². The van der Waals surface area contributed by atoms with Crippen molar-refractivity contribution in [3.8, 4) is 22.8 Å². The van der Waals surface area contributed by atoms with Gasteiger partial charge in [0, 0.05) is 23.0 Å². The van der Waals surface area contributed by atoms with Gasteiger partial charge in [0.1, 0.15) is 17.1 Å². The summed E-state index contributed by atoms with van der Waals surface area (Å²) in [5.74, 6) is 1.59. The molecule has 0 aliphatic carbocycles. The minimum Gasteiger partial charge on any atom is -0.457 e. The number of benzene rings is 2. The third-order valence-corrected chi connectivity index (χ3v) is 4.13. The van der Waals surface area contributed by atoms with Gasteiger partial charge in [0.2, 0.25) is 0 Å². The Hall–Kier alpha value is -2.78. The highest BCUT2D eigenvalue weighted by molar-refractivity contribution is 6.30. The van der Waals surface area contributed by atoms with Gasteiger partial charge in [0.15, 0.2) is 0 Å². The maximum atomic E-state index is 5.93. The fourth-order valence-electron chi connectivity index (χ4n) is 2.63. The quantitative estimate of drug-likeness (QED) is 0.476. The van der Waals surface area contributed by atoms with Gasteiger partial charge in [-0.3, -0.25) is 0 Å². The topological polar surface area (TPSA) is 26.5 Å². The van der Waals surface area contributed by atoms with Gasteiger partial charge in [-0.1, -0.05) is 17.7 Å². The molecule has 0 N–H and O–H groups in total. The molecule has 0 bridgehead atoms. The van der Waals surface area contributed by atoms with Crippen molar-refractivity contribution in [3.63, 3.8) is 0 Å². The SMILES string of the molecule is Cc1cc(-c2cn3ccccc3n2)ccc1Oc1ccc(Cl)cc1. The Balaban J connectivity index is 1.64. The van der Waals surface area contributed by atoms with Gasteiger partial charge in [-0.25, -0.2) is 4.98 Å². The van der Waals surface area contributed by atoms with Gasteiger partial charge < -0.3 is 9.14 Å². The predicted octanol–water partition coefficient (Wildman–Crippen LogP) is 5.76. The van der Waals surface area contributed by atoms with Crippen LogP contribution in [0.4, 0.5) is 0 Å². The summed E-state index contributed by atoms with van der Waals surface area (Å²) in [6.07, 6.45) is 4.03. The molecular weight excluding hydrogens is 320 g/mol. The lowest BCUT2D eigenvalue weighted by molar-refractivity contribution is 0.479. The largest absolute Gasteiger partial charge is 0.457 e. The van der Waals surface area contributed by atoms with Crippen molar-refractivity contribution < 1.29 is 4.74 Å². The predicted molar refractivity (Wildman–Crippen MR) is 96.9 cm³/mol. The summed E-state index contributed by atoms with van der Waals surface area (Å²) in [5.41, 5.74) is 4.01. The van der Waals surface area contributed by atoms with Crippen LogP contribution in [0.2, 0.25) is 5.02 Å². The first-order valence-corrected chi connectivity index (χ1v) is 8.05. The molecule has 0 atom stereocenters. The summed E-state index contributed by atoms with van der Waals surface area (Å²) in [5, 5.41) is 0.696. The van der Waals surface area contributed by atoms with Crippen LogP contribution in [0.1, 0.15) is 5.56 Å². The Bertz CT molecular complexity index is 973. The normalized spacial score (nSPS) is 10.9. The molecule has 0 aliphatic heterocycles. The number of pyridine rings is 1. The van der Waals surface area contributed by atoms with Gasteiger partial charge in [-0.2, -0.15) is 0 Å². The molecule has 0 unspecified atom stereocenters. The van der Waals surface area contributed by atoms with E-state index in [1.807, 2.05) is 78.3 Å². The number of hydrogen-bond acceptors (Lipinski definition) is 2. The van der Waals surface area contributed by atoms with Crippen molar-refractivity contribution >= 4 is 17.2 Å². The monoisotopic (exact) mass is 334 g/mol. The second-order valence-electron chi connectivity index (χ2n) is 5.63. The zero-order chi connectivity index (χ0) is 16.5. The van der Waals surface area contributed by atoms with Crippen molar-refractivity contribution in [2.24, 2.45) is 0 Å². The second kappa shape index (κ2) is 6.02. The van der Waals surface area contributed by atoms with E-state index >= 15 is 0 Å². The third-order valence-electron chi connectivity index (χ3n) is 3.88. The molecule has 2 aromatic carbocycles. The van der Waals surface area contributed by atoms with E-state index in [2.05, 4.69) is 11.1 Å². The van der Waals surface area contributed by atoms with Crippen molar-refractivity contribution in [2.75, 3.05) is 0 Å². The Morgan fingerprint density at radius 1 is 1.00 bits per heavy atom. The summed E-state index contributed by atoms with van der Waals surface area (Å²) in [6.45, 7) is 2.03. The van der Waals surface area contributed by atoms with Crippen LogP contribution in [0.25, 0.3) is 16.9 Å². The zero-order valence-corrected chi connectivity index (χ0v) is 13.9. The minimum absolute atomic E-state index is 0.696. The van der Waals surface area contributed by atoms with E-state index in [0.29, 0.717) is 5.02 Å². The molecule has 2 aromatic heterocycles. The van der Waals surface area contributed by atoms with E-state index in [1.54, 1.807) is 0 Å². The summed E-state index contributed by atoms with van der Waals surface area (Å²) < 4.78 is 7.95. The van der Waals surface area contributed by atoms with Gasteiger partial charge in [0.25, 0.3) is 0 Å². The fraction of sp³-hybridized carbons (Fsp3) is 0.0500. The standard InChI is InChI=1S/C20H15ClN2O/c1-14-12-15(18-13-23-11-3-2-4-20(23)22-18)5-10-19(14)24-17-8-6-16(21)7-9-17/h2-13H,1H3. The number of imidazole rings is 1. The Kier molecular flexibility index (Phi) is 3.71. The summed E-state index contributed by atoms with van der Waals surface area (Å²) in [7, 11) is 0. The molecular formula is C20H15ClN2O. The van der Waals surface area contributed by atoms with E-state index in [9.17, 15) is 0 Å². The van der Waals surface area contributed by atoms with E-state index in [1.165, 1.54) is 0 Å². The average Bonchev–Trinajstić information content (AvgIpc) is 3.03. The lowest BCUT2D eigenvalue weighted by atomic mass is 10.1. The molecule has 118 valence electrons. The molecule has 0 spiro atoms. The molecule has 24 heavy (non-hydrogen) atoms. The van der Waals surface area contributed by atoms with Crippen molar-refractivity contribution in [3.05, 3.63) is 83.6 Å². The van der Waals surface area contributed by atoms with Crippen LogP contribution in [-0.4, -0.2) is 9.38 Å². The van der Waals surface area contributed by atoms with Crippen LogP contribution in [0, 0.1) is 6.92 Å². The van der Waals surface area contributed by atoms with Crippen LogP contribution in [-0.2, 0) is 0 Å². The molecule has 0 saturated carbocycles. The molecule has 0 amide bonds. The number of hydrogen-bond donors (Lipinski definition) is 0. The van der Waals surface area contributed by atoms with Crippen molar-refractivity contribution in [1.29, 1.82) is 0 Å². The zero-order valence-electron chi connectivity index (χ0n) is 13.1. The Morgan fingerprint density at radius 2 is 1.83 bits per heavy atom. The van der Waals surface area contributed by atoms with Crippen molar-refractivity contribution in [2.45, 2.75) is 6.92 Å². The van der Waals surface area contributed by atoms with E-state index in [-0.39, 0.29) is 0 Å². The molecule has 2 heterocycles. The molecule has 0 radical (unpaired) electrons. The lowest BCUT2D eigenvalue weighted by Crippen LogP contribution is -1.88. The van der Waals surface area contributed by atoms with E-state index < -0.39 is 0 Å². The number of halogens is 1. The van der Waals surface area contributed by atoms with Gasteiger partial charge in [0.05, 0.1) is 5.69 Å². The van der Waals surface area contributed by atoms with Gasteiger partial charge in [-0.05, 0) is 67.1 Å². The molecule has 0 saturated heterocycles. The van der Waals surface area contributed by atoms with Crippen molar-refractivity contribution in [1.82, 2.24) is 9.38 Å². The average molecular weight is 335 g/mol. The van der Waals surface area contributed by atoms with Gasteiger partial charge >= 0.3 is 0 Å². The lowest BCUT2D eigenvalue weighted by Gasteiger charge is -2.09. The highest BCUT2D eigenvalue weighted by atomic mass is 35.5. The molecule has 0 aliphatic rings. The van der Waals surface area contributed by atoms with E-state index in [0.717, 1.165) is 34.0 Å². The van der Waals surface area contributed by atoms with Crippen LogP contribution < -0.4 is 4.74 Å². The number of aryl methyl sites for hydroxylation is 1. The molecule has 0 fully saturated rings. The summed E-state index contributed by atoms with van der Waals surface area (Å²) in [4.78, 5) is 4.65. The number of aromatic nitrogens is 2. The van der Waals surface area contributed by atoms with E-state index in [4.69, 9.17) is 16.3 Å². The van der Waals surface area contributed by atoms with Gasteiger partial charge in [-0.15, -0.1) is 0 Å². The Labute approximate surface area is 145 Å². The summed E-state index contributed by atoms with van der Waals surface area (Å²) >= 11 is 5.90. The fourth-order valence-corrected chi connectivity index (χ4v) is 2.75. The maximum absolute atomic E-state index is 5.93. The maximum Gasteiger partial charge on any atom is 0.137 e. The first-order chi connectivity index (χ1) is 11.7. The number of ether oxygens (including phenoxy) is 1. The highest BCUT2D eigenvalue weighted by Crippen LogP contribution is 2.30. The Morgan fingerprint density at radius 3 is 2.58 bits per heavy atom. The molecule has 4 heteroatoms. The first kappa shape index (κ1) is 14.8. The van der Waals surface area contributed by atoms with Crippen LogP contribution in [0.3, 0.4) is 0 Å². The van der Waals surface area contributed by atoms with Crippen LogP contribution in [0.5, 0.6) is 11.5 Å². The number of rotatable bonds is 3. The highest BCUT2D eigenvalue weighted by Gasteiger charge is 2.08. The molecule has 4 rings (SSSR count). The number of fused-ring (bicyclic) bond motifs is 1. The minimum atomic E-state index is 0.696. The van der Waals surface area contributed by atoms with Crippen LogP contribution in [0.15, 0.2) is 73.1 Å². The number of nitrogens with zero attached hydrogens (tertiary/aromatic N) is 2. The summed E-state index contributed by atoms with van der Waals surface area (Å²) in [6, 6.07) is 19.4.